The Balaban J connectivity index is 1.99. The normalized spacial score (nSPS) is 11.1. The van der Waals surface area contributed by atoms with Gasteiger partial charge >= 0.3 is 6.18 Å². The Hall–Kier alpha value is -4.02. The summed E-state index contributed by atoms with van der Waals surface area (Å²) in [6, 6.07) is 8.93. The Morgan fingerprint density at radius 2 is 1.55 bits per heavy atom. The van der Waals surface area contributed by atoms with Gasteiger partial charge in [-0.2, -0.15) is 13.2 Å². The molecule has 172 valence electrons. The van der Waals surface area contributed by atoms with Crippen LogP contribution in [0.4, 0.5) is 39.1 Å². The van der Waals surface area contributed by atoms with Crippen LogP contribution >= 0.6 is 0 Å². The Morgan fingerprint density at radius 3 is 2.12 bits per heavy atom. The number of para-hydroxylation sites is 1. The number of pyridine rings is 1. The van der Waals surface area contributed by atoms with Crippen molar-refractivity contribution in [1.29, 1.82) is 0 Å². The predicted octanol–water partition coefficient (Wildman–Crippen LogP) is 5.04. The molecular weight excluding hydrogens is 447 g/mol. The van der Waals surface area contributed by atoms with E-state index < -0.39 is 40.8 Å². The third-order valence-corrected chi connectivity index (χ3v) is 4.61. The van der Waals surface area contributed by atoms with E-state index in [0.29, 0.717) is 5.69 Å². The van der Waals surface area contributed by atoms with Crippen molar-refractivity contribution in [2.45, 2.75) is 13.1 Å². The quantitative estimate of drug-likeness (QED) is 0.462. The summed E-state index contributed by atoms with van der Waals surface area (Å²) >= 11 is 0. The highest BCUT2D eigenvalue weighted by molar-refractivity contribution is 6.07. The van der Waals surface area contributed by atoms with E-state index in [-0.39, 0.29) is 29.2 Å². The SMILES string of the molecule is CNC(=O)c1cnc(Nc2ccccc2C)c(NC(=O)c2cc(F)c(C(F)(F)F)c(F)c2)c1. The fourth-order valence-electron chi connectivity index (χ4n) is 2.94. The largest absolute Gasteiger partial charge is 0.422 e. The number of amides is 2. The molecule has 0 fully saturated rings. The summed E-state index contributed by atoms with van der Waals surface area (Å²) in [7, 11) is 1.38. The lowest BCUT2D eigenvalue weighted by Crippen LogP contribution is -2.20. The van der Waals surface area contributed by atoms with Gasteiger partial charge in [0.05, 0.1) is 11.3 Å². The molecule has 1 heterocycles. The minimum absolute atomic E-state index is 0.0370. The summed E-state index contributed by atoms with van der Waals surface area (Å²) < 4.78 is 66.2. The molecule has 0 bridgehead atoms. The van der Waals surface area contributed by atoms with Crippen molar-refractivity contribution in [1.82, 2.24) is 10.3 Å². The van der Waals surface area contributed by atoms with Crippen molar-refractivity contribution in [3.05, 3.63) is 82.5 Å². The zero-order valence-electron chi connectivity index (χ0n) is 17.3. The molecule has 0 aliphatic heterocycles. The number of hydrogen-bond acceptors (Lipinski definition) is 4. The number of nitrogens with one attached hydrogen (secondary N) is 3. The van der Waals surface area contributed by atoms with E-state index in [1.54, 1.807) is 18.2 Å². The minimum Gasteiger partial charge on any atom is -0.355 e. The van der Waals surface area contributed by atoms with Gasteiger partial charge < -0.3 is 16.0 Å². The van der Waals surface area contributed by atoms with Gasteiger partial charge in [-0.25, -0.2) is 13.8 Å². The lowest BCUT2D eigenvalue weighted by atomic mass is 10.1. The predicted molar refractivity (Wildman–Crippen MR) is 111 cm³/mol. The molecule has 0 radical (unpaired) electrons. The zero-order chi connectivity index (χ0) is 24.3. The molecule has 0 atom stereocenters. The van der Waals surface area contributed by atoms with Crippen LogP contribution in [-0.2, 0) is 6.18 Å². The number of benzene rings is 2. The van der Waals surface area contributed by atoms with Crippen molar-refractivity contribution in [3.63, 3.8) is 0 Å². The van der Waals surface area contributed by atoms with Gasteiger partial charge in [-0.3, -0.25) is 9.59 Å². The van der Waals surface area contributed by atoms with Crippen molar-refractivity contribution in [2.24, 2.45) is 0 Å². The number of rotatable bonds is 5. The summed E-state index contributed by atoms with van der Waals surface area (Å²) in [6.07, 6.45) is -4.02. The lowest BCUT2D eigenvalue weighted by molar-refractivity contribution is -0.142. The molecule has 0 saturated carbocycles. The van der Waals surface area contributed by atoms with Crippen LogP contribution in [0, 0.1) is 18.6 Å². The molecule has 6 nitrogen and oxygen atoms in total. The number of hydrogen-bond donors (Lipinski definition) is 3. The van der Waals surface area contributed by atoms with Gasteiger partial charge in [0.15, 0.2) is 5.82 Å². The smallest absolute Gasteiger partial charge is 0.355 e. The molecule has 0 aliphatic rings. The molecule has 11 heteroatoms. The van der Waals surface area contributed by atoms with Crippen LogP contribution in [-0.4, -0.2) is 23.8 Å². The number of halogens is 5. The Kier molecular flexibility index (Phi) is 6.61. The van der Waals surface area contributed by atoms with E-state index in [0.717, 1.165) is 5.56 Å². The first-order valence-electron chi connectivity index (χ1n) is 9.43. The average molecular weight is 464 g/mol. The van der Waals surface area contributed by atoms with Crippen LogP contribution in [0.1, 0.15) is 31.8 Å². The summed E-state index contributed by atoms with van der Waals surface area (Å²) in [5, 5.41) is 7.71. The molecule has 0 spiro atoms. The molecule has 3 aromatic rings. The Morgan fingerprint density at radius 1 is 0.909 bits per heavy atom. The van der Waals surface area contributed by atoms with E-state index in [9.17, 15) is 31.5 Å². The molecule has 2 amide bonds. The first-order valence-corrected chi connectivity index (χ1v) is 9.43. The summed E-state index contributed by atoms with van der Waals surface area (Å²) in [5.74, 6) is -5.39. The topological polar surface area (TPSA) is 83.1 Å². The number of anilines is 3. The van der Waals surface area contributed by atoms with Crippen molar-refractivity contribution < 1.29 is 31.5 Å². The van der Waals surface area contributed by atoms with Crippen LogP contribution in [0.3, 0.4) is 0 Å². The van der Waals surface area contributed by atoms with Crippen molar-refractivity contribution >= 4 is 29.0 Å². The highest BCUT2D eigenvalue weighted by Crippen LogP contribution is 2.34. The van der Waals surface area contributed by atoms with Crippen LogP contribution in [0.5, 0.6) is 0 Å². The van der Waals surface area contributed by atoms with Crippen molar-refractivity contribution in [2.75, 3.05) is 17.7 Å². The zero-order valence-corrected chi connectivity index (χ0v) is 17.3. The Labute approximate surface area is 184 Å². The molecule has 0 unspecified atom stereocenters. The molecule has 3 N–H and O–H groups in total. The lowest BCUT2D eigenvalue weighted by Gasteiger charge is -2.15. The third-order valence-electron chi connectivity index (χ3n) is 4.61. The first kappa shape index (κ1) is 23.6. The highest BCUT2D eigenvalue weighted by atomic mass is 19.4. The third kappa shape index (κ3) is 5.25. The van der Waals surface area contributed by atoms with Gasteiger partial charge in [-0.15, -0.1) is 0 Å². The summed E-state index contributed by atoms with van der Waals surface area (Å²) in [6.45, 7) is 1.81. The van der Waals surface area contributed by atoms with E-state index >= 15 is 0 Å². The summed E-state index contributed by atoms with van der Waals surface area (Å²) in [5.41, 5.74) is -1.30. The molecule has 3 rings (SSSR count). The van der Waals surface area contributed by atoms with Crippen molar-refractivity contribution in [3.8, 4) is 0 Å². The standard InChI is InChI=1S/C22H17F5N4O2/c1-11-5-3-4-6-16(11)30-19-17(9-13(10-29-19)20(32)28-2)31-21(33)12-7-14(23)18(15(24)8-12)22(25,26)27/h3-10H,1-2H3,(H,28,32)(H,29,30)(H,31,33). The number of alkyl halides is 3. The van der Waals surface area contributed by atoms with Gasteiger partial charge in [0.25, 0.3) is 11.8 Å². The van der Waals surface area contributed by atoms with Gasteiger partial charge in [0, 0.05) is 24.5 Å². The van der Waals surface area contributed by atoms with Gasteiger partial charge in [-0.1, -0.05) is 18.2 Å². The summed E-state index contributed by atoms with van der Waals surface area (Å²) in [4.78, 5) is 28.7. The fraction of sp³-hybridized carbons (Fsp3) is 0.136. The van der Waals surface area contributed by atoms with Gasteiger partial charge in [0.2, 0.25) is 0 Å². The highest BCUT2D eigenvalue weighted by Gasteiger charge is 2.38. The molecular formula is C22H17F5N4O2. The number of carbonyl (C=O) groups is 2. The number of aryl methyl sites for hydroxylation is 1. The van der Waals surface area contributed by atoms with Gasteiger partial charge in [0.1, 0.15) is 17.2 Å². The van der Waals surface area contributed by atoms with E-state index in [4.69, 9.17) is 0 Å². The maximum absolute atomic E-state index is 13.9. The number of carbonyl (C=O) groups excluding carboxylic acids is 2. The Bertz CT molecular complexity index is 1200. The second-order valence-corrected chi connectivity index (χ2v) is 6.91. The maximum Gasteiger partial charge on any atom is 0.422 e. The number of aromatic nitrogens is 1. The second-order valence-electron chi connectivity index (χ2n) is 6.91. The van der Waals surface area contributed by atoms with Crippen LogP contribution in [0.15, 0.2) is 48.7 Å². The maximum atomic E-state index is 13.9. The second kappa shape index (κ2) is 9.23. The monoisotopic (exact) mass is 464 g/mol. The van der Waals surface area contributed by atoms with E-state index in [1.807, 2.05) is 13.0 Å². The van der Waals surface area contributed by atoms with E-state index in [1.165, 1.54) is 19.3 Å². The first-order chi connectivity index (χ1) is 15.5. The molecule has 33 heavy (non-hydrogen) atoms. The van der Waals surface area contributed by atoms with Gasteiger partial charge in [-0.05, 0) is 36.8 Å². The van der Waals surface area contributed by atoms with Crippen LogP contribution in [0.2, 0.25) is 0 Å². The van der Waals surface area contributed by atoms with Crippen LogP contribution < -0.4 is 16.0 Å². The average Bonchev–Trinajstić information content (AvgIpc) is 2.74. The fourth-order valence-corrected chi connectivity index (χ4v) is 2.94. The molecule has 1 aromatic heterocycles. The van der Waals surface area contributed by atoms with E-state index in [2.05, 4.69) is 20.9 Å². The number of nitrogens with zero attached hydrogens (tertiary/aromatic N) is 1. The minimum atomic E-state index is -5.26. The van der Waals surface area contributed by atoms with Crippen LogP contribution in [0.25, 0.3) is 0 Å². The molecule has 2 aromatic carbocycles. The molecule has 0 saturated heterocycles. The molecule has 0 aliphatic carbocycles.